The molecule has 0 bridgehead atoms. The van der Waals surface area contributed by atoms with Crippen molar-refractivity contribution in [3.63, 3.8) is 0 Å². The number of ether oxygens (including phenoxy) is 1. The van der Waals surface area contributed by atoms with Crippen molar-refractivity contribution in [2.45, 2.75) is 39.7 Å². The number of hydrogen-bond acceptors (Lipinski definition) is 7. The van der Waals surface area contributed by atoms with E-state index in [4.69, 9.17) is 4.74 Å². The van der Waals surface area contributed by atoms with Crippen LogP contribution in [0.3, 0.4) is 0 Å². The van der Waals surface area contributed by atoms with Gasteiger partial charge in [-0.1, -0.05) is 6.07 Å². The molecule has 8 nitrogen and oxygen atoms in total. The van der Waals surface area contributed by atoms with E-state index < -0.39 is 5.95 Å². The average Bonchev–Trinajstić information content (AvgIpc) is 2.92. The number of benzene rings is 1. The number of hydrogen-bond donors (Lipinski definition) is 1. The largest absolute Gasteiger partial charge is 0.492 e. The summed E-state index contributed by atoms with van der Waals surface area (Å²) in [6.45, 7) is 7.80. The number of carbonyl (C=O) groups excluding carboxylic acids is 1. The molecule has 0 spiro atoms. The highest BCUT2D eigenvalue weighted by Crippen LogP contribution is 2.36. The Balaban J connectivity index is 1.73. The van der Waals surface area contributed by atoms with E-state index in [1.54, 1.807) is 24.0 Å². The molecule has 0 saturated carbocycles. The second-order valence-electron chi connectivity index (χ2n) is 9.79. The van der Waals surface area contributed by atoms with Crippen molar-refractivity contribution in [2.75, 3.05) is 39.9 Å². The summed E-state index contributed by atoms with van der Waals surface area (Å²) in [5.41, 5.74) is 5.80. The summed E-state index contributed by atoms with van der Waals surface area (Å²) in [6, 6.07) is 10.6. The van der Waals surface area contributed by atoms with Crippen molar-refractivity contribution >= 4 is 5.91 Å². The van der Waals surface area contributed by atoms with Crippen LogP contribution >= 0.6 is 0 Å². The topological polar surface area (TPSA) is 103 Å². The van der Waals surface area contributed by atoms with Crippen LogP contribution in [0.25, 0.3) is 11.1 Å². The fourth-order valence-corrected chi connectivity index (χ4v) is 5.05. The highest BCUT2D eigenvalue weighted by Gasteiger charge is 2.32. The Morgan fingerprint density at radius 2 is 2.00 bits per heavy atom. The van der Waals surface area contributed by atoms with E-state index >= 15 is 0 Å². The molecule has 1 aromatic carbocycles. The number of aromatic nitrogens is 2. The molecule has 0 aliphatic carbocycles. The number of pyridine rings is 2. The van der Waals surface area contributed by atoms with Gasteiger partial charge >= 0.3 is 0 Å². The Hall–Kier alpha value is -3.87. The number of fused-ring (bicyclic) bond motifs is 1. The molecule has 9 heteroatoms. The van der Waals surface area contributed by atoms with Gasteiger partial charge < -0.3 is 19.6 Å². The van der Waals surface area contributed by atoms with Crippen molar-refractivity contribution in [1.29, 1.82) is 5.26 Å². The summed E-state index contributed by atoms with van der Waals surface area (Å²) in [5.74, 6) is -0.186. The third kappa shape index (κ3) is 6.08. The van der Waals surface area contributed by atoms with E-state index in [0.717, 1.165) is 22.3 Å². The van der Waals surface area contributed by atoms with E-state index in [1.807, 2.05) is 31.9 Å². The number of likely N-dealkylation sites (N-methyl/N-ethyl adjacent to an activating group) is 1. The van der Waals surface area contributed by atoms with Crippen molar-refractivity contribution in [2.24, 2.45) is 0 Å². The molecule has 1 atom stereocenters. The number of nitrogens with zero attached hydrogens (tertiary/aromatic N) is 5. The number of rotatable bonds is 10. The minimum absolute atomic E-state index is 0.0755. The zero-order valence-corrected chi connectivity index (χ0v) is 22.9. The Kier molecular flexibility index (Phi) is 8.90. The molecular formula is C30H34FN5O3. The smallest absolute Gasteiger partial charge is 0.254 e. The summed E-state index contributed by atoms with van der Waals surface area (Å²) in [4.78, 5) is 26.3. The predicted octanol–water partition coefficient (Wildman–Crippen LogP) is 4.09. The van der Waals surface area contributed by atoms with Crippen LogP contribution < -0.4 is 4.74 Å². The lowest BCUT2D eigenvalue weighted by Crippen LogP contribution is -2.40. The van der Waals surface area contributed by atoms with Crippen molar-refractivity contribution < 1.29 is 19.0 Å². The van der Waals surface area contributed by atoms with E-state index in [2.05, 4.69) is 22.1 Å². The molecule has 3 heterocycles. The number of aryl methyl sites for hydroxylation is 1. The quantitative estimate of drug-likeness (QED) is 0.393. The van der Waals surface area contributed by atoms with Crippen molar-refractivity contribution in [1.82, 2.24) is 19.8 Å². The van der Waals surface area contributed by atoms with Gasteiger partial charge in [-0.15, -0.1) is 0 Å². The molecule has 39 heavy (non-hydrogen) atoms. The van der Waals surface area contributed by atoms with Gasteiger partial charge in [0.15, 0.2) is 0 Å². The first-order valence-electron chi connectivity index (χ1n) is 13.2. The maximum Gasteiger partial charge on any atom is 0.254 e. The minimum atomic E-state index is -0.538. The summed E-state index contributed by atoms with van der Waals surface area (Å²) < 4.78 is 19.5. The fourth-order valence-electron chi connectivity index (χ4n) is 5.05. The SMILES string of the molecule is CCOc1cc(C(C)N2CCc3c(cc(CCN(C)CCO)cc3-c3ccc(F)nc3C)C2=O)ncc1C#N. The van der Waals surface area contributed by atoms with Gasteiger partial charge in [0.25, 0.3) is 5.91 Å². The van der Waals surface area contributed by atoms with Gasteiger partial charge in [0.05, 0.1) is 24.9 Å². The van der Waals surface area contributed by atoms with Gasteiger partial charge in [-0.3, -0.25) is 9.78 Å². The second-order valence-corrected chi connectivity index (χ2v) is 9.79. The lowest BCUT2D eigenvalue weighted by Gasteiger charge is -2.35. The molecule has 1 N–H and O–H groups in total. The third-order valence-electron chi connectivity index (χ3n) is 7.21. The van der Waals surface area contributed by atoms with Crippen molar-refractivity contribution in [3.05, 3.63) is 76.1 Å². The molecule has 2 aromatic heterocycles. The highest BCUT2D eigenvalue weighted by molar-refractivity contribution is 5.99. The van der Waals surface area contributed by atoms with Crippen LogP contribution in [-0.4, -0.2) is 70.7 Å². The highest BCUT2D eigenvalue weighted by atomic mass is 19.1. The number of nitriles is 1. The van der Waals surface area contributed by atoms with Gasteiger partial charge in [0.1, 0.15) is 17.4 Å². The van der Waals surface area contributed by atoms with Gasteiger partial charge in [0.2, 0.25) is 5.95 Å². The summed E-state index contributed by atoms with van der Waals surface area (Å²) in [6.07, 6.45) is 2.79. The number of aliphatic hydroxyl groups is 1. The van der Waals surface area contributed by atoms with Crippen LogP contribution in [0.4, 0.5) is 4.39 Å². The monoisotopic (exact) mass is 531 g/mol. The van der Waals surface area contributed by atoms with E-state index in [9.17, 15) is 19.6 Å². The Bertz CT molecular complexity index is 1400. The minimum Gasteiger partial charge on any atom is -0.492 e. The number of aliphatic hydroxyl groups excluding tert-OH is 1. The standard InChI is InChI=1S/C30H34FN5O3/c1-5-39-28-16-27(33-18-22(28)17-32)20(3)36-11-9-24-25(23-6-7-29(31)34-19(23)2)14-21(15-26(24)30(36)38)8-10-35(4)12-13-37/h6-7,14-16,18,20,37H,5,8-13H2,1-4H3. The number of carbonyl (C=O) groups is 1. The van der Waals surface area contributed by atoms with Crippen LogP contribution in [0.15, 0.2) is 36.5 Å². The second kappa shape index (κ2) is 12.3. The van der Waals surface area contributed by atoms with Gasteiger partial charge in [0, 0.05) is 48.7 Å². The lowest BCUT2D eigenvalue weighted by atomic mass is 9.86. The molecule has 0 radical (unpaired) electrons. The van der Waals surface area contributed by atoms with E-state index in [0.29, 0.717) is 67.3 Å². The first kappa shape index (κ1) is 28.1. The Morgan fingerprint density at radius 1 is 1.23 bits per heavy atom. The van der Waals surface area contributed by atoms with Crippen LogP contribution in [0.5, 0.6) is 5.75 Å². The molecule has 4 rings (SSSR count). The number of amides is 1. The maximum atomic E-state index is 14.0. The first-order valence-corrected chi connectivity index (χ1v) is 13.2. The van der Waals surface area contributed by atoms with E-state index in [1.165, 1.54) is 12.3 Å². The van der Waals surface area contributed by atoms with Gasteiger partial charge in [-0.25, -0.2) is 4.98 Å². The summed E-state index contributed by atoms with van der Waals surface area (Å²) in [5, 5.41) is 18.7. The Morgan fingerprint density at radius 3 is 2.69 bits per heavy atom. The average molecular weight is 532 g/mol. The maximum absolute atomic E-state index is 14.0. The first-order chi connectivity index (χ1) is 18.8. The zero-order chi connectivity index (χ0) is 28.1. The molecule has 1 aliphatic rings. The Labute approximate surface area is 228 Å². The molecular weight excluding hydrogens is 497 g/mol. The van der Waals surface area contributed by atoms with Crippen LogP contribution in [0, 0.1) is 24.2 Å². The molecule has 0 fully saturated rings. The van der Waals surface area contributed by atoms with Crippen LogP contribution in [-0.2, 0) is 12.8 Å². The van der Waals surface area contributed by atoms with Crippen LogP contribution in [0.1, 0.15) is 58.3 Å². The summed E-state index contributed by atoms with van der Waals surface area (Å²) in [7, 11) is 1.94. The predicted molar refractivity (Wildman–Crippen MR) is 146 cm³/mol. The van der Waals surface area contributed by atoms with Crippen LogP contribution in [0.2, 0.25) is 0 Å². The number of halogens is 1. The molecule has 3 aromatic rings. The molecule has 1 aliphatic heterocycles. The van der Waals surface area contributed by atoms with Crippen molar-refractivity contribution in [3.8, 4) is 22.9 Å². The van der Waals surface area contributed by atoms with E-state index in [-0.39, 0.29) is 18.6 Å². The fraction of sp³-hybridized carbons (Fsp3) is 0.400. The molecule has 1 amide bonds. The molecule has 1 unspecified atom stereocenters. The normalized spacial score (nSPS) is 13.8. The van der Waals surface area contributed by atoms with Gasteiger partial charge in [-0.05, 0) is 75.5 Å². The lowest BCUT2D eigenvalue weighted by molar-refractivity contribution is 0.0669. The summed E-state index contributed by atoms with van der Waals surface area (Å²) >= 11 is 0. The van der Waals surface area contributed by atoms with Gasteiger partial charge in [-0.2, -0.15) is 9.65 Å². The third-order valence-corrected chi connectivity index (χ3v) is 7.21. The zero-order valence-electron chi connectivity index (χ0n) is 22.9. The molecule has 0 saturated heterocycles. The molecule has 204 valence electrons.